The molecule has 2 aliphatic rings. The van der Waals surface area contributed by atoms with Crippen molar-refractivity contribution in [1.82, 2.24) is 0 Å². The molecule has 1 aliphatic heterocycles. The van der Waals surface area contributed by atoms with Crippen LogP contribution in [0.5, 0.6) is 0 Å². The lowest BCUT2D eigenvalue weighted by Crippen LogP contribution is -2.17. The van der Waals surface area contributed by atoms with Crippen LogP contribution in [0.3, 0.4) is 0 Å². The Morgan fingerprint density at radius 2 is 1.23 bits per heavy atom. The van der Waals surface area contributed by atoms with Crippen molar-refractivity contribution >= 4 is 16.7 Å². The van der Waals surface area contributed by atoms with Gasteiger partial charge >= 0.3 is 0 Å². The van der Waals surface area contributed by atoms with Gasteiger partial charge in [-0.3, -0.25) is 0 Å². The summed E-state index contributed by atoms with van der Waals surface area (Å²) in [4.78, 5) is 1.57. The van der Waals surface area contributed by atoms with Crippen molar-refractivity contribution < 1.29 is 0 Å². The van der Waals surface area contributed by atoms with E-state index < -0.39 is 0 Å². The second-order valence-electron chi connectivity index (χ2n) is 11.0. The molecule has 0 saturated heterocycles. The van der Waals surface area contributed by atoms with E-state index in [1.165, 1.54) is 16.7 Å². The molecule has 144 valence electrons. The third kappa shape index (κ3) is 3.30. The Labute approximate surface area is 166 Å². The second kappa shape index (κ2) is 6.43. The van der Waals surface area contributed by atoms with Gasteiger partial charge in [0.1, 0.15) is 0 Å². The van der Waals surface area contributed by atoms with E-state index in [1.54, 1.807) is 10.5 Å². The van der Waals surface area contributed by atoms with Crippen LogP contribution >= 0.6 is 11.8 Å². The number of rotatable bonds is 1. The first-order chi connectivity index (χ1) is 11.8. The normalized spacial score (nSPS) is 32.3. The second-order valence-corrected chi connectivity index (χ2v) is 12.2. The SMILES string of the molecule is CC1=C(c2cc(C(C)(C)C)cc(C(C)(C)C)c2)SC2C(C)C(C)C(C)C12. The van der Waals surface area contributed by atoms with E-state index in [0.717, 1.165) is 28.9 Å². The van der Waals surface area contributed by atoms with Crippen molar-refractivity contribution in [3.05, 3.63) is 40.5 Å². The van der Waals surface area contributed by atoms with Crippen molar-refractivity contribution in [2.45, 2.75) is 85.3 Å². The fourth-order valence-corrected chi connectivity index (χ4v) is 6.76. The number of benzene rings is 1. The quantitative estimate of drug-likeness (QED) is 0.489. The molecule has 0 amide bonds. The van der Waals surface area contributed by atoms with Crippen LogP contribution in [0.25, 0.3) is 4.91 Å². The Bertz CT molecular complexity index is 693. The summed E-state index contributed by atoms with van der Waals surface area (Å²) in [7, 11) is 0. The third-order valence-electron chi connectivity index (χ3n) is 7.14. The monoisotopic (exact) mass is 370 g/mol. The fourth-order valence-electron chi connectivity index (χ4n) is 4.85. The van der Waals surface area contributed by atoms with Gasteiger partial charge in [-0.2, -0.15) is 0 Å². The molecule has 1 aromatic carbocycles. The summed E-state index contributed by atoms with van der Waals surface area (Å²) in [5.74, 6) is 3.20. The molecule has 1 heterocycles. The fraction of sp³-hybridized carbons (Fsp3) is 0.680. The standard InChI is InChI=1S/C25H38S/c1-14-15(2)21-17(4)22(26-23(21)16(14)3)18-11-19(24(5,6)7)13-20(12-18)25(8,9)10/h11-16,21,23H,1-10H3. The highest BCUT2D eigenvalue weighted by Gasteiger charge is 2.49. The highest BCUT2D eigenvalue weighted by atomic mass is 32.2. The van der Waals surface area contributed by atoms with Crippen LogP contribution in [-0.2, 0) is 10.8 Å². The largest absolute Gasteiger partial charge is 0.121 e. The lowest BCUT2D eigenvalue weighted by molar-refractivity contribution is 0.359. The molecule has 1 heteroatoms. The molecule has 3 rings (SSSR count). The maximum absolute atomic E-state index is 2.48. The van der Waals surface area contributed by atoms with E-state index in [-0.39, 0.29) is 10.8 Å². The van der Waals surface area contributed by atoms with Crippen LogP contribution in [0.1, 0.15) is 85.9 Å². The van der Waals surface area contributed by atoms with Crippen LogP contribution in [0.15, 0.2) is 23.8 Å². The van der Waals surface area contributed by atoms with Crippen molar-refractivity contribution in [3.63, 3.8) is 0 Å². The molecule has 1 aromatic rings. The van der Waals surface area contributed by atoms with Gasteiger partial charge in [0.2, 0.25) is 0 Å². The number of hydrogen-bond acceptors (Lipinski definition) is 1. The summed E-state index contributed by atoms with van der Waals surface area (Å²) < 4.78 is 0. The van der Waals surface area contributed by atoms with E-state index >= 15 is 0 Å². The molecule has 1 aliphatic carbocycles. The average molecular weight is 371 g/mol. The summed E-state index contributed by atoms with van der Waals surface area (Å²) in [5.41, 5.74) is 6.40. The van der Waals surface area contributed by atoms with Gasteiger partial charge < -0.3 is 0 Å². The number of fused-ring (bicyclic) bond motifs is 1. The maximum atomic E-state index is 2.48. The van der Waals surface area contributed by atoms with Gasteiger partial charge in [0.15, 0.2) is 0 Å². The summed E-state index contributed by atoms with van der Waals surface area (Å²) in [5, 5.41) is 0.770. The highest BCUT2D eigenvalue weighted by Crippen LogP contribution is 2.60. The molecule has 0 nitrogen and oxygen atoms in total. The zero-order valence-corrected chi connectivity index (χ0v) is 19.3. The number of allylic oxidation sites excluding steroid dienone is 1. The van der Waals surface area contributed by atoms with Gasteiger partial charge in [-0.25, -0.2) is 0 Å². The highest BCUT2D eigenvalue weighted by molar-refractivity contribution is 8.09. The van der Waals surface area contributed by atoms with Crippen LogP contribution in [-0.4, -0.2) is 5.25 Å². The molecule has 0 N–H and O–H groups in total. The van der Waals surface area contributed by atoms with Gasteiger partial charge in [-0.1, -0.05) is 86.1 Å². The Hall–Kier alpha value is -0.690. The molecule has 0 bridgehead atoms. The minimum atomic E-state index is 0.179. The lowest BCUT2D eigenvalue weighted by Gasteiger charge is -2.27. The molecule has 26 heavy (non-hydrogen) atoms. The van der Waals surface area contributed by atoms with Gasteiger partial charge in [-0.05, 0) is 58.1 Å². The van der Waals surface area contributed by atoms with E-state index in [0.29, 0.717) is 0 Å². The molecular formula is C25H38S. The van der Waals surface area contributed by atoms with E-state index in [4.69, 9.17) is 0 Å². The van der Waals surface area contributed by atoms with Gasteiger partial charge in [0.25, 0.3) is 0 Å². The van der Waals surface area contributed by atoms with Crippen LogP contribution in [0.2, 0.25) is 0 Å². The van der Waals surface area contributed by atoms with Crippen molar-refractivity contribution in [2.75, 3.05) is 0 Å². The summed E-state index contributed by atoms with van der Waals surface area (Å²) in [6.45, 7) is 23.8. The number of hydrogen-bond donors (Lipinski definition) is 0. The lowest BCUT2D eigenvalue weighted by atomic mass is 9.79. The van der Waals surface area contributed by atoms with Crippen LogP contribution in [0.4, 0.5) is 0 Å². The first-order valence-corrected chi connectivity index (χ1v) is 11.2. The summed E-state index contributed by atoms with van der Waals surface area (Å²) in [6.07, 6.45) is 0. The Kier molecular flexibility index (Phi) is 4.96. The zero-order chi connectivity index (χ0) is 19.6. The summed E-state index contributed by atoms with van der Waals surface area (Å²) >= 11 is 2.18. The number of thioether (sulfide) groups is 1. The average Bonchev–Trinajstić information content (AvgIpc) is 2.97. The Morgan fingerprint density at radius 1 is 0.731 bits per heavy atom. The van der Waals surface area contributed by atoms with E-state index in [9.17, 15) is 0 Å². The predicted molar refractivity (Wildman–Crippen MR) is 119 cm³/mol. The predicted octanol–water partition coefficient (Wildman–Crippen LogP) is 7.67. The molecule has 0 spiro atoms. The first kappa shape index (κ1) is 20.1. The van der Waals surface area contributed by atoms with Crippen molar-refractivity contribution in [1.29, 1.82) is 0 Å². The third-order valence-corrected chi connectivity index (χ3v) is 8.92. The smallest absolute Gasteiger partial charge is 0.0191 e. The zero-order valence-electron chi connectivity index (χ0n) is 18.5. The molecule has 1 saturated carbocycles. The van der Waals surface area contributed by atoms with Gasteiger partial charge in [0.05, 0.1) is 0 Å². The topological polar surface area (TPSA) is 0 Å². The molecule has 0 aromatic heterocycles. The summed E-state index contributed by atoms with van der Waals surface area (Å²) in [6, 6.07) is 7.38. The Morgan fingerprint density at radius 3 is 1.65 bits per heavy atom. The first-order valence-electron chi connectivity index (χ1n) is 10.4. The van der Waals surface area contributed by atoms with Crippen molar-refractivity contribution in [3.8, 4) is 0 Å². The van der Waals surface area contributed by atoms with Crippen molar-refractivity contribution in [2.24, 2.45) is 23.7 Å². The minimum Gasteiger partial charge on any atom is -0.121 e. The van der Waals surface area contributed by atoms with E-state index in [1.807, 2.05) is 0 Å². The molecule has 1 fully saturated rings. The molecule has 5 unspecified atom stereocenters. The molecule has 0 radical (unpaired) electrons. The molecule has 5 atom stereocenters. The van der Waals surface area contributed by atoms with Gasteiger partial charge in [0, 0.05) is 10.2 Å². The maximum Gasteiger partial charge on any atom is 0.0191 e. The van der Waals surface area contributed by atoms with Crippen LogP contribution in [0, 0.1) is 23.7 Å². The van der Waals surface area contributed by atoms with Crippen LogP contribution < -0.4 is 0 Å². The van der Waals surface area contributed by atoms with E-state index in [2.05, 4.69) is 99.2 Å². The Balaban J connectivity index is 2.11. The molecular weight excluding hydrogens is 332 g/mol. The minimum absolute atomic E-state index is 0.179. The van der Waals surface area contributed by atoms with Gasteiger partial charge in [-0.15, -0.1) is 11.8 Å².